The van der Waals surface area contributed by atoms with E-state index < -0.39 is 0 Å². The van der Waals surface area contributed by atoms with E-state index in [9.17, 15) is 4.39 Å². The van der Waals surface area contributed by atoms with Gasteiger partial charge in [0.15, 0.2) is 0 Å². The van der Waals surface area contributed by atoms with Crippen molar-refractivity contribution in [2.75, 3.05) is 20.2 Å². The third-order valence-corrected chi connectivity index (χ3v) is 3.42. The normalized spacial score (nSPS) is 25.4. The molecule has 1 saturated heterocycles. The number of halogens is 1. The molecule has 0 aliphatic carbocycles. The van der Waals surface area contributed by atoms with Crippen LogP contribution in [0, 0.1) is 11.7 Å². The van der Waals surface area contributed by atoms with E-state index in [0.29, 0.717) is 11.8 Å². The molecule has 1 aromatic rings. The van der Waals surface area contributed by atoms with Gasteiger partial charge < -0.3 is 10.1 Å². The van der Waals surface area contributed by atoms with Crippen LogP contribution < -0.4 is 10.1 Å². The fraction of sp³-hybridized carbons (Fsp3) is 0.538. The number of methoxy groups -OCH3 is 1. The van der Waals surface area contributed by atoms with Crippen molar-refractivity contribution in [1.82, 2.24) is 5.32 Å². The quantitative estimate of drug-likeness (QED) is 0.832. The van der Waals surface area contributed by atoms with Crippen molar-refractivity contribution < 1.29 is 9.13 Å². The summed E-state index contributed by atoms with van der Waals surface area (Å²) in [5, 5.41) is 3.36. The van der Waals surface area contributed by atoms with E-state index in [2.05, 4.69) is 12.2 Å². The van der Waals surface area contributed by atoms with Crippen molar-refractivity contribution in [3.05, 3.63) is 29.6 Å². The van der Waals surface area contributed by atoms with Gasteiger partial charge in [-0.3, -0.25) is 0 Å². The summed E-state index contributed by atoms with van der Waals surface area (Å²) in [6.45, 7) is 4.17. The van der Waals surface area contributed by atoms with Crippen molar-refractivity contribution >= 4 is 0 Å². The Labute approximate surface area is 95.8 Å². The zero-order valence-corrected chi connectivity index (χ0v) is 9.79. The SMILES string of the molecule is COc1ccc(F)cc1C1CNCCC1C. The molecule has 1 N–H and O–H groups in total. The van der Waals surface area contributed by atoms with Crippen molar-refractivity contribution in [3.8, 4) is 5.75 Å². The fourth-order valence-electron chi connectivity index (χ4n) is 2.40. The highest BCUT2D eigenvalue weighted by Crippen LogP contribution is 2.35. The first kappa shape index (κ1) is 11.4. The number of ether oxygens (including phenoxy) is 1. The van der Waals surface area contributed by atoms with Crippen LogP contribution in [0.15, 0.2) is 18.2 Å². The van der Waals surface area contributed by atoms with Crippen LogP contribution in [0.2, 0.25) is 0 Å². The summed E-state index contributed by atoms with van der Waals surface area (Å²) in [5.41, 5.74) is 0.988. The topological polar surface area (TPSA) is 21.3 Å². The molecule has 1 heterocycles. The molecule has 0 bridgehead atoms. The molecule has 1 aliphatic rings. The lowest BCUT2D eigenvalue weighted by Gasteiger charge is -2.30. The van der Waals surface area contributed by atoms with Gasteiger partial charge in [-0.15, -0.1) is 0 Å². The van der Waals surface area contributed by atoms with Gasteiger partial charge in [-0.25, -0.2) is 4.39 Å². The van der Waals surface area contributed by atoms with Crippen LogP contribution in [0.3, 0.4) is 0 Å². The zero-order valence-electron chi connectivity index (χ0n) is 9.79. The summed E-state index contributed by atoms with van der Waals surface area (Å²) in [5.74, 6) is 1.52. The lowest BCUT2D eigenvalue weighted by atomic mass is 9.82. The first-order chi connectivity index (χ1) is 7.72. The van der Waals surface area contributed by atoms with Gasteiger partial charge in [0.2, 0.25) is 0 Å². The highest BCUT2D eigenvalue weighted by Gasteiger charge is 2.25. The van der Waals surface area contributed by atoms with Crippen LogP contribution in [0.4, 0.5) is 4.39 Å². The molecule has 0 aromatic heterocycles. The maximum atomic E-state index is 13.3. The smallest absolute Gasteiger partial charge is 0.123 e. The number of hydrogen-bond donors (Lipinski definition) is 1. The average Bonchev–Trinajstić information content (AvgIpc) is 2.29. The lowest BCUT2D eigenvalue weighted by molar-refractivity contribution is 0.332. The van der Waals surface area contributed by atoms with Gasteiger partial charge in [-0.05, 0) is 37.1 Å². The van der Waals surface area contributed by atoms with Gasteiger partial charge in [0, 0.05) is 18.0 Å². The summed E-state index contributed by atoms with van der Waals surface area (Å²) < 4.78 is 18.6. The minimum absolute atomic E-state index is 0.187. The Morgan fingerprint density at radius 3 is 2.94 bits per heavy atom. The molecule has 1 fully saturated rings. The van der Waals surface area contributed by atoms with Crippen LogP contribution in [0.1, 0.15) is 24.8 Å². The molecule has 3 heteroatoms. The van der Waals surface area contributed by atoms with Gasteiger partial charge in [-0.1, -0.05) is 6.92 Å². The molecule has 1 aliphatic heterocycles. The van der Waals surface area contributed by atoms with E-state index in [1.165, 1.54) is 6.07 Å². The van der Waals surface area contributed by atoms with Crippen LogP contribution in [-0.2, 0) is 0 Å². The number of nitrogens with one attached hydrogen (secondary N) is 1. The molecular weight excluding hydrogens is 205 g/mol. The van der Waals surface area contributed by atoms with E-state index in [4.69, 9.17) is 4.74 Å². The number of hydrogen-bond acceptors (Lipinski definition) is 2. The maximum Gasteiger partial charge on any atom is 0.123 e. The molecule has 0 amide bonds. The highest BCUT2D eigenvalue weighted by atomic mass is 19.1. The van der Waals surface area contributed by atoms with E-state index in [1.54, 1.807) is 19.2 Å². The Kier molecular flexibility index (Phi) is 3.44. The Hall–Kier alpha value is -1.09. The fourth-order valence-corrected chi connectivity index (χ4v) is 2.40. The van der Waals surface area contributed by atoms with Crippen molar-refractivity contribution in [1.29, 1.82) is 0 Å². The molecule has 88 valence electrons. The molecule has 0 radical (unpaired) electrons. The van der Waals surface area contributed by atoms with Gasteiger partial charge in [0.05, 0.1) is 7.11 Å². The lowest BCUT2D eigenvalue weighted by Crippen LogP contribution is -2.34. The first-order valence-corrected chi connectivity index (χ1v) is 5.76. The predicted molar refractivity (Wildman–Crippen MR) is 62.3 cm³/mol. The zero-order chi connectivity index (χ0) is 11.5. The molecule has 2 rings (SSSR count). The van der Waals surface area contributed by atoms with Crippen LogP contribution in [0.25, 0.3) is 0 Å². The predicted octanol–water partition coefficient (Wildman–Crippen LogP) is 2.55. The summed E-state index contributed by atoms with van der Waals surface area (Å²) in [6.07, 6.45) is 1.13. The molecule has 16 heavy (non-hydrogen) atoms. The molecule has 1 aromatic carbocycles. The van der Waals surface area contributed by atoms with E-state index in [-0.39, 0.29) is 5.82 Å². The van der Waals surface area contributed by atoms with Gasteiger partial charge in [0.25, 0.3) is 0 Å². The molecule has 2 unspecified atom stereocenters. The first-order valence-electron chi connectivity index (χ1n) is 5.76. The average molecular weight is 223 g/mol. The number of benzene rings is 1. The summed E-state index contributed by atoms with van der Waals surface area (Å²) in [7, 11) is 1.64. The largest absolute Gasteiger partial charge is 0.496 e. The Morgan fingerprint density at radius 2 is 2.25 bits per heavy atom. The van der Waals surface area contributed by atoms with E-state index in [0.717, 1.165) is 30.8 Å². The third kappa shape index (κ3) is 2.19. The maximum absolute atomic E-state index is 13.3. The monoisotopic (exact) mass is 223 g/mol. The second kappa shape index (κ2) is 4.83. The minimum Gasteiger partial charge on any atom is -0.496 e. The Balaban J connectivity index is 2.33. The number of piperidine rings is 1. The summed E-state index contributed by atoms with van der Waals surface area (Å²) >= 11 is 0. The second-order valence-electron chi connectivity index (χ2n) is 4.46. The van der Waals surface area contributed by atoms with Crippen molar-refractivity contribution in [2.24, 2.45) is 5.92 Å². The van der Waals surface area contributed by atoms with Gasteiger partial charge in [0.1, 0.15) is 11.6 Å². The van der Waals surface area contributed by atoms with Crippen molar-refractivity contribution in [3.63, 3.8) is 0 Å². The second-order valence-corrected chi connectivity index (χ2v) is 4.46. The summed E-state index contributed by atoms with van der Waals surface area (Å²) in [6, 6.07) is 4.77. The third-order valence-electron chi connectivity index (χ3n) is 3.42. The van der Waals surface area contributed by atoms with E-state index >= 15 is 0 Å². The highest BCUT2D eigenvalue weighted by molar-refractivity contribution is 5.37. The molecule has 0 spiro atoms. The van der Waals surface area contributed by atoms with Crippen molar-refractivity contribution in [2.45, 2.75) is 19.3 Å². The minimum atomic E-state index is -0.187. The van der Waals surface area contributed by atoms with Gasteiger partial charge >= 0.3 is 0 Å². The van der Waals surface area contributed by atoms with Gasteiger partial charge in [-0.2, -0.15) is 0 Å². The Bertz CT molecular complexity index is 367. The molecule has 0 saturated carbocycles. The Morgan fingerprint density at radius 1 is 1.44 bits per heavy atom. The molecule has 2 atom stereocenters. The summed E-state index contributed by atoms with van der Waals surface area (Å²) in [4.78, 5) is 0. The number of rotatable bonds is 2. The standard InChI is InChI=1S/C13H18FNO/c1-9-5-6-15-8-12(9)11-7-10(14)3-4-13(11)16-2/h3-4,7,9,12,15H,5-6,8H2,1-2H3. The molecular formula is C13H18FNO. The molecule has 2 nitrogen and oxygen atoms in total. The van der Waals surface area contributed by atoms with Crippen LogP contribution in [0.5, 0.6) is 5.75 Å². The van der Waals surface area contributed by atoms with E-state index in [1.807, 2.05) is 0 Å². The van der Waals surface area contributed by atoms with Crippen LogP contribution in [-0.4, -0.2) is 20.2 Å². The van der Waals surface area contributed by atoms with Crippen LogP contribution >= 0.6 is 0 Å².